The normalized spacial score (nSPS) is 26.5. The van der Waals surface area contributed by atoms with Crippen LogP contribution in [0.5, 0.6) is 5.75 Å². The number of hydrogen-bond donors (Lipinski definition) is 1. The molecule has 0 aromatic heterocycles. The predicted octanol–water partition coefficient (Wildman–Crippen LogP) is 10.5. The number of allylic oxidation sites excluding steroid dienone is 1. The molecule has 5 rings (SSSR count). The summed E-state index contributed by atoms with van der Waals surface area (Å²) in [5, 5.41) is 13.6. The van der Waals surface area contributed by atoms with E-state index in [1.807, 2.05) is 20.8 Å². The van der Waals surface area contributed by atoms with Gasteiger partial charge in [-0.25, -0.2) is 14.4 Å². The zero-order valence-corrected chi connectivity index (χ0v) is 40.6. The second kappa shape index (κ2) is 24.2. The summed E-state index contributed by atoms with van der Waals surface area (Å²) >= 11 is 0. The lowest BCUT2D eigenvalue weighted by Gasteiger charge is -2.58. The van der Waals surface area contributed by atoms with Gasteiger partial charge in [0.25, 0.3) is 5.69 Å². The maximum atomic E-state index is 13.1. The van der Waals surface area contributed by atoms with E-state index in [-0.39, 0.29) is 69.0 Å². The van der Waals surface area contributed by atoms with E-state index in [2.05, 4.69) is 46.0 Å². The Balaban J connectivity index is 0.957. The second-order valence-electron chi connectivity index (χ2n) is 20.7. The van der Waals surface area contributed by atoms with Gasteiger partial charge in [0, 0.05) is 38.2 Å². The molecule has 3 saturated carbocycles. The van der Waals surface area contributed by atoms with E-state index >= 15 is 0 Å². The summed E-state index contributed by atoms with van der Waals surface area (Å²) in [5.74, 6) is 4.85. The average molecular weight is 914 g/mol. The first-order valence-electron chi connectivity index (χ1n) is 24.3. The number of nitrogens with zero attached hydrogens (tertiary/aromatic N) is 2. The van der Waals surface area contributed by atoms with Crippen LogP contribution >= 0.6 is 0 Å². The molecule has 0 bridgehead atoms. The minimum atomic E-state index is -0.947. The van der Waals surface area contributed by atoms with Gasteiger partial charge in [-0.05, 0) is 124 Å². The Bertz CT molecular complexity index is 1730. The number of amides is 2. The minimum Gasteiger partial charge on any atom is -0.446 e. The molecule has 8 atom stereocenters. The van der Waals surface area contributed by atoms with Crippen molar-refractivity contribution in [3.05, 3.63) is 46.0 Å². The summed E-state index contributed by atoms with van der Waals surface area (Å²) in [6.07, 6.45) is 13.9. The highest BCUT2D eigenvalue weighted by atomic mass is 16.7. The Morgan fingerprint density at radius 3 is 2.20 bits per heavy atom. The summed E-state index contributed by atoms with van der Waals surface area (Å²) in [7, 11) is 0. The van der Waals surface area contributed by atoms with Gasteiger partial charge in [0.15, 0.2) is 0 Å². The first-order valence-corrected chi connectivity index (χ1v) is 24.3. The number of ether oxygens (including phenoxy) is 7. The number of nitrogens with one attached hydrogen (secondary N) is 1. The molecule has 15 heteroatoms. The summed E-state index contributed by atoms with van der Waals surface area (Å²) < 4.78 is 38.2. The van der Waals surface area contributed by atoms with Crippen LogP contribution in [0.4, 0.5) is 20.1 Å². The third-order valence-electron chi connectivity index (χ3n) is 14.8. The van der Waals surface area contributed by atoms with Gasteiger partial charge in [0.2, 0.25) is 0 Å². The molecule has 366 valence electrons. The topological polar surface area (TPSA) is 174 Å². The fraction of sp³-hybridized carbons (Fsp3) is 0.780. The first kappa shape index (κ1) is 52.0. The molecule has 15 nitrogen and oxygen atoms in total. The molecule has 0 spiro atoms. The molecule has 0 saturated heterocycles. The number of hydrogen-bond acceptors (Lipinski definition) is 12. The van der Waals surface area contributed by atoms with E-state index < -0.39 is 28.9 Å². The molecule has 4 aliphatic carbocycles. The Kier molecular flexibility index (Phi) is 19.4. The van der Waals surface area contributed by atoms with Gasteiger partial charge in [-0.15, -0.1) is 0 Å². The Hall–Kier alpha value is -3.95. The third-order valence-corrected chi connectivity index (χ3v) is 14.8. The number of non-ortho nitro benzene ring substituents is 1. The van der Waals surface area contributed by atoms with Crippen LogP contribution in [0.25, 0.3) is 0 Å². The molecule has 65 heavy (non-hydrogen) atoms. The van der Waals surface area contributed by atoms with Crippen LogP contribution in [-0.4, -0.2) is 106 Å². The number of rotatable bonds is 23. The number of benzene rings is 1. The maximum Gasteiger partial charge on any atom is 0.513 e. The SMILES string of the molecule is CC(C)CCC[C@@H](C)[C@H]1CC[C@H]2[C@@H]3CC=C4C[C@@H](OC(=O)NCCN(CCOCCOCCOCCOC(=O)Oc5ccc([N+](=O)[O-])cc5)C(=O)OC(C)(C)C)CC[C@]4(C)[C@H]3CC[C@]12C. The largest absolute Gasteiger partial charge is 0.513 e. The monoisotopic (exact) mass is 914 g/mol. The van der Waals surface area contributed by atoms with Crippen molar-refractivity contribution in [1.29, 1.82) is 0 Å². The summed E-state index contributed by atoms with van der Waals surface area (Å²) in [6.45, 7) is 20.0. The highest BCUT2D eigenvalue weighted by Crippen LogP contribution is 2.67. The van der Waals surface area contributed by atoms with E-state index in [0.29, 0.717) is 31.2 Å². The predicted molar refractivity (Wildman–Crippen MR) is 247 cm³/mol. The van der Waals surface area contributed by atoms with E-state index in [1.54, 1.807) is 0 Å². The molecule has 0 unspecified atom stereocenters. The van der Waals surface area contributed by atoms with Gasteiger partial charge in [-0.2, -0.15) is 0 Å². The number of nitro groups is 1. The van der Waals surface area contributed by atoms with Gasteiger partial charge in [-0.3, -0.25) is 10.1 Å². The fourth-order valence-electron chi connectivity index (χ4n) is 11.5. The van der Waals surface area contributed by atoms with E-state index in [0.717, 1.165) is 55.3 Å². The smallest absolute Gasteiger partial charge is 0.446 e. The molecule has 0 heterocycles. The van der Waals surface area contributed by atoms with Gasteiger partial charge in [-0.1, -0.05) is 65.5 Å². The van der Waals surface area contributed by atoms with Crippen molar-refractivity contribution in [3.63, 3.8) is 0 Å². The van der Waals surface area contributed by atoms with Crippen LogP contribution in [0.15, 0.2) is 35.9 Å². The van der Waals surface area contributed by atoms with Crippen LogP contribution in [0.3, 0.4) is 0 Å². The fourth-order valence-corrected chi connectivity index (χ4v) is 11.5. The lowest BCUT2D eigenvalue weighted by Crippen LogP contribution is -2.51. The average Bonchev–Trinajstić information content (AvgIpc) is 3.60. The quantitative estimate of drug-likeness (QED) is 0.0210. The molecule has 0 radical (unpaired) electrons. The molecule has 3 fully saturated rings. The molecule has 1 aromatic carbocycles. The van der Waals surface area contributed by atoms with Crippen molar-refractivity contribution < 1.29 is 52.5 Å². The van der Waals surface area contributed by atoms with Crippen molar-refractivity contribution in [2.45, 2.75) is 138 Å². The molecular weight excluding hydrogens is 835 g/mol. The lowest BCUT2D eigenvalue weighted by molar-refractivity contribution is -0.384. The standard InChI is InChI=1S/C50H79N3O12/c1-35(2)10-9-11-36(3)42-18-19-43-41-17-12-37-34-40(20-22-49(37,7)44(41)21-23-50(42,43)8)63-45(54)51-24-25-52(46(55)65-48(4,5)6)26-27-59-28-29-60-30-31-61-32-33-62-47(56)64-39-15-13-38(14-16-39)53(57)58/h12-16,35-36,40-44H,9-11,17-34H2,1-8H3,(H,51,54)/t36-,40+,41+,42-,43+,44+,49+,50-/m1/s1. The van der Waals surface area contributed by atoms with Gasteiger partial charge in [0.1, 0.15) is 24.1 Å². The van der Waals surface area contributed by atoms with Gasteiger partial charge in [0.05, 0.1) is 44.6 Å². The maximum absolute atomic E-state index is 13.1. The number of fused-ring (bicyclic) bond motifs is 5. The lowest BCUT2D eigenvalue weighted by atomic mass is 9.47. The molecule has 1 aromatic rings. The van der Waals surface area contributed by atoms with E-state index in [4.69, 9.17) is 33.2 Å². The molecule has 4 aliphatic rings. The third kappa shape index (κ3) is 15.0. The first-order chi connectivity index (χ1) is 30.9. The van der Waals surface area contributed by atoms with Crippen molar-refractivity contribution in [2.75, 3.05) is 65.9 Å². The number of alkyl carbamates (subject to hydrolysis) is 1. The molecule has 0 aliphatic heterocycles. The van der Waals surface area contributed by atoms with Crippen LogP contribution < -0.4 is 10.1 Å². The molecule has 1 N–H and O–H groups in total. The highest BCUT2D eigenvalue weighted by molar-refractivity contribution is 5.69. The Morgan fingerprint density at radius 2 is 1.54 bits per heavy atom. The highest BCUT2D eigenvalue weighted by Gasteiger charge is 2.59. The van der Waals surface area contributed by atoms with Crippen molar-refractivity contribution in [2.24, 2.45) is 46.3 Å². The van der Waals surface area contributed by atoms with Crippen molar-refractivity contribution in [1.82, 2.24) is 10.2 Å². The zero-order chi connectivity index (χ0) is 47.2. The second-order valence-corrected chi connectivity index (χ2v) is 20.7. The van der Waals surface area contributed by atoms with Crippen LogP contribution in [0, 0.1) is 56.5 Å². The summed E-state index contributed by atoms with van der Waals surface area (Å²) in [5.41, 5.74) is 1.33. The van der Waals surface area contributed by atoms with E-state index in [9.17, 15) is 24.5 Å². The minimum absolute atomic E-state index is 0.0437. The van der Waals surface area contributed by atoms with Crippen LogP contribution in [0.2, 0.25) is 0 Å². The molecular formula is C50H79N3O12. The van der Waals surface area contributed by atoms with Crippen LogP contribution in [-0.2, 0) is 28.4 Å². The van der Waals surface area contributed by atoms with Gasteiger partial charge < -0.3 is 43.4 Å². The number of carbonyl (C=O) groups is 3. The van der Waals surface area contributed by atoms with Crippen molar-refractivity contribution in [3.8, 4) is 5.75 Å². The summed E-state index contributed by atoms with van der Waals surface area (Å²) in [4.78, 5) is 49.7. The Labute approximate surface area is 387 Å². The zero-order valence-electron chi connectivity index (χ0n) is 40.6. The molecule has 2 amide bonds. The van der Waals surface area contributed by atoms with Crippen LogP contribution in [0.1, 0.15) is 126 Å². The summed E-state index contributed by atoms with van der Waals surface area (Å²) in [6, 6.07) is 5.06. The Morgan fingerprint density at radius 1 is 0.862 bits per heavy atom. The van der Waals surface area contributed by atoms with E-state index in [1.165, 1.54) is 79.7 Å². The van der Waals surface area contributed by atoms with Gasteiger partial charge >= 0.3 is 18.3 Å². The van der Waals surface area contributed by atoms with Crippen molar-refractivity contribution >= 4 is 24.0 Å². The number of nitro benzene ring substituents is 1. The number of carbonyl (C=O) groups excluding carboxylic acids is 3.